The molecule has 1 unspecified atom stereocenters. The molecule has 1 N–H and O–H groups in total. The topological polar surface area (TPSA) is 56.1 Å². The van der Waals surface area contributed by atoms with Gasteiger partial charge in [-0.25, -0.2) is 0 Å². The van der Waals surface area contributed by atoms with Crippen molar-refractivity contribution in [1.29, 1.82) is 5.26 Å². The number of nitrogens with zero attached hydrogens (tertiary/aromatic N) is 2. The molecule has 1 saturated heterocycles. The van der Waals surface area contributed by atoms with Crippen LogP contribution < -0.4 is 5.32 Å². The molecule has 5 heteroatoms. The fourth-order valence-electron chi connectivity index (χ4n) is 1.87. The molecule has 17 heavy (non-hydrogen) atoms. The molecule has 94 valence electrons. The number of hydrogen-bond acceptors (Lipinski definition) is 3. The number of amides is 1. The fraction of sp³-hybridized carbons (Fsp3) is 0.667. The van der Waals surface area contributed by atoms with Gasteiger partial charge >= 0.3 is 0 Å². The largest absolute Gasteiger partial charge is 0.373 e. The number of carbonyl (C=O) groups is 1. The minimum atomic E-state index is -0.342. The quantitative estimate of drug-likeness (QED) is 0.472. The predicted molar refractivity (Wildman–Crippen MR) is 67.4 cm³/mol. The molecule has 1 atom stereocenters. The molecule has 0 aliphatic carbocycles. The van der Waals surface area contributed by atoms with Gasteiger partial charge in [-0.15, -0.1) is 11.6 Å². The number of nitriles is 1. The molecule has 1 amide bonds. The number of halogens is 1. The monoisotopic (exact) mass is 255 g/mol. The Bertz CT molecular complexity index is 335. The molecule has 0 aromatic carbocycles. The summed E-state index contributed by atoms with van der Waals surface area (Å²) in [7, 11) is 0. The highest BCUT2D eigenvalue weighted by molar-refractivity contribution is 6.18. The number of piperidine rings is 1. The zero-order valence-electron chi connectivity index (χ0n) is 10.1. The average molecular weight is 256 g/mol. The smallest absolute Gasteiger partial charge is 0.263 e. The minimum absolute atomic E-state index is 0.156. The Balaban J connectivity index is 2.65. The van der Waals surface area contributed by atoms with E-state index >= 15 is 0 Å². The molecule has 1 heterocycles. The van der Waals surface area contributed by atoms with E-state index in [9.17, 15) is 4.79 Å². The second kappa shape index (κ2) is 7.18. The van der Waals surface area contributed by atoms with E-state index in [2.05, 4.69) is 17.1 Å². The molecule has 1 aliphatic heterocycles. The van der Waals surface area contributed by atoms with E-state index < -0.39 is 0 Å². The average Bonchev–Trinajstić information content (AvgIpc) is 2.35. The highest BCUT2D eigenvalue weighted by atomic mass is 35.5. The normalized spacial score (nSPS) is 20.9. The Morgan fingerprint density at radius 3 is 3.00 bits per heavy atom. The second-order valence-corrected chi connectivity index (χ2v) is 4.56. The third-order valence-electron chi connectivity index (χ3n) is 2.89. The van der Waals surface area contributed by atoms with Gasteiger partial charge in [-0.3, -0.25) is 4.79 Å². The van der Waals surface area contributed by atoms with Crippen LogP contribution in [0.1, 0.15) is 26.2 Å². The summed E-state index contributed by atoms with van der Waals surface area (Å²) >= 11 is 5.48. The van der Waals surface area contributed by atoms with Gasteiger partial charge in [0.25, 0.3) is 5.91 Å². The van der Waals surface area contributed by atoms with E-state index in [-0.39, 0.29) is 11.5 Å². The van der Waals surface area contributed by atoms with Gasteiger partial charge in [0.15, 0.2) is 0 Å². The van der Waals surface area contributed by atoms with Crippen molar-refractivity contribution in [3.63, 3.8) is 0 Å². The van der Waals surface area contributed by atoms with E-state index in [1.165, 1.54) is 6.42 Å². The lowest BCUT2D eigenvalue weighted by Crippen LogP contribution is -2.35. The molecule has 0 radical (unpaired) electrons. The molecule has 1 fully saturated rings. The Hall–Kier alpha value is -1.21. The Morgan fingerprint density at radius 1 is 1.65 bits per heavy atom. The molecule has 0 aromatic rings. The lowest BCUT2D eigenvalue weighted by molar-refractivity contribution is -0.117. The van der Waals surface area contributed by atoms with E-state index in [0.29, 0.717) is 18.5 Å². The van der Waals surface area contributed by atoms with E-state index in [0.717, 1.165) is 19.4 Å². The number of carbonyl (C=O) groups excluding carboxylic acids is 1. The number of rotatable bonds is 4. The highest BCUT2D eigenvalue weighted by Gasteiger charge is 2.17. The van der Waals surface area contributed by atoms with Gasteiger partial charge in [-0.1, -0.05) is 0 Å². The molecule has 0 saturated carbocycles. The van der Waals surface area contributed by atoms with Gasteiger partial charge in [0.05, 0.1) is 0 Å². The van der Waals surface area contributed by atoms with Crippen LogP contribution in [0.2, 0.25) is 0 Å². The number of nitrogens with one attached hydrogen (secondary N) is 1. The van der Waals surface area contributed by atoms with Crippen molar-refractivity contribution >= 4 is 17.5 Å². The van der Waals surface area contributed by atoms with Crippen molar-refractivity contribution in [1.82, 2.24) is 10.2 Å². The molecule has 1 rings (SSSR count). The zero-order chi connectivity index (χ0) is 12.7. The van der Waals surface area contributed by atoms with Crippen molar-refractivity contribution in [2.45, 2.75) is 32.2 Å². The lowest BCUT2D eigenvalue weighted by atomic mass is 10.0. The summed E-state index contributed by atoms with van der Waals surface area (Å²) in [6.45, 7) is 3.41. The van der Waals surface area contributed by atoms with Gasteiger partial charge in [-0.05, 0) is 26.2 Å². The maximum absolute atomic E-state index is 11.6. The molecule has 0 bridgehead atoms. The molecule has 0 spiro atoms. The predicted octanol–water partition coefficient (Wildman–Crippen LogP) is 1.62. The summed E-state index contributed by atoms with van der Waals surface area (Å²) in [5.74, 6) is 0.0100. The van der Waals surface area contributed by atoms with Crippen LogP contribution in [0.4, 0.5) is 0 Å². The third-order valence-corrected chi connectivity index (χ3v) is 3.08. The molecule has 4 nitrogen and oxygen atoms in total. The van der Waals surface area contributed by atoms with Crippen LogP contribution in [-0.2, 0) is 4.79 Å². The first-order valence-electron chi connectivity index (χ1n) is 5.91. The number of likely N-dealkylation sites (tertiary alicyclic amines) is 1. The standard InChI is InChI=1S/C12H18ClN3O/c1-10-4-2-3-7-16(10)9-11(8-14)12(17)15-6-5-13/h9-10H,2-7H2,1H3,(H,15,17)/b11-9-. The zero-order valence-corrected chi connectivity index (χ0v) is 10.8. The maximum Gasteiger partial charge on any atom is 0.263 e. The number of hydrogen-bond donors (Lipinski definition) is 1. The maximum atomic E-state index is 11.6. The summed E-state index contributed by atoms with van der Waals surface area (Å²) in [5.41, 5.74) is 0.156. The van der Waals surface area contributed by atoms with Crippen LogP contribution in [0.25, 0.3) is 0 Å². The molecular weight excluding hydrogens is 238 g/mol. The summed E-state index contributed by atoms with van der Waals surface area (Å²) in [6.07, 6.45) is 5.11. The fourth-order valence-corrected chi connectivity index (χ4v) is 1.97. The van der Waals surface area contributed by atoms with Crippen LogP contribution >= 0.6 is 11.6 Å². The van der Waals surface area contributed by atoms with Crippen molar-refractivity contribution in [3.05, 3.63) is 11.8 Å². The van der Waals surface area contributed by atoms with Crippen LogP contribution in [0.5, 0.6) is 0 Å². The number of alkyl halides is 1. The molecule has 0 aromatic heterocycles. The van der Waals surface area contributed by atoms with Crippen LogP contribution in [0.3, 0.4) is 0 Å². The Labute approximate surface area is 107 Å². The first-order chi connectivity index (χ1) is 8.19. The third kappa shape index (κ3) is 4.27. The van der Waals surface area contributed by atoms with Gasteiger partial charge in [-0.2, -0.15) is 5.26 Å². The second-order valence-electron chi connectivity index (χ2n) is 4.18. The summed E-state index contributed by atoms with van der Waals surface area (Å²) in [6, 6.07) is 2.34. The van der Waals surface area contributed by atoms with Gasteiger partial charge < -0.3 is 10.2 Å². The van der Waals surface area contributed by atoms with Gasteiger partial charge in [0.1, 0.15) is 11.6 Å². The first kappa shape index (κ1) is 13.9. The summed E-state index contributed by atoms with van der Waals surface area (Å²) in [4.78, 5) is 13.7. The van der Waals surface area contributed by atoms with Gasteiger partial charge in [0, 0.05) is 31.2 Å². The van der Waals surface area contributed by atoms with Crippen LogP contribution in [-0.4, -0.2) is 35.8 Å². The van der Waals surface area contributed by atoms with E-state index in [1.54, 1.807) is 6.20 Å². The van der Waals surface area contributed by atoms with Gasteiger partial charge in [0.2, 0.25) is 0 Å². The molecule has 1 aliphatic rings. The SMILES string of the molecule is CC1CCCCN1/C=C(/C#N)C(=O)NCCCl. The molecular formula is C12H18ClN3O. The Morgan fingerprint density at radius 2 is 2.41 bits per heavy atom. The van der Waals surface area contributed by atoms with Crippen LogP contribution in [0.15, 0.2) is 11.8 Å². The lowest BCUT2D eigenvalue weighted by Gasteiger charge is -2.32. The minimum Gasteiger partial charge on any atom is -0.373 e. The first-order valence-corrected chi connectivity index (χ1v) is 6.44. The van der Waals surface area contributed by atoms with Crippen molar-refractivity contribution in [2.24, 2.45) is 0 Å². The summed E-state index contributed by atoms with van der Waals surface area (Å²) < 4.78 is 0. The Kier molecular flexibility index (Phi) is 5.85. The van der Waals surface area contributed by atoms with E-state index in [4.69, 9.17) is 16.9 Å². The van der Waals surface area contributed by atoms with E-state index in [1.807, 2.05) is 6.07 Å². The van der Waals surface area contributed by atoms with Crippen molar-refractivity contribution in [2.75, 3.05) is 19.0 Å². The van der Waals surface area contributed by atoms with Crippen molar-refractivity contribution in [3.8, 4) is 6.07 Å². The van der Waals surface area contributed by atoms with Crippen LogP contribution in [0, 0.1) is 11.3 Å². The van der Waals surface area contributed by atoms with Crippen molar-refractivity contribution < 1.29 is 4.79 Å². The highest BCUT2D eigenvalue weighted by Crippen LogP contribution is 2.17. The summed E-state index contributed by atoms with van der Waals surface area (Å²) in [5, 5.41) is 11.6.